The normalized spacial score (nSPS) is 12.2. The lowest BCUT2D eigenvalue weighted by molar-refractivity contribution is 0.408. The lowest BCUT2D eigenvalue weighted by Gasteiger charge is -2.20. The number of hydrogen-bond donors (Lipinski definition) is 1. The molecule has 0 spiro atoms. The third-order valence-electron chi connectivity index (χ3n) is 3.72. The van der Waals surface area contributed by atoms with E-state index < -0.39 is 0 Å². The van der Waals surface area contributed by atoms with E-state index in [0.29, 0.717) is 0 Å². The van der Waals surface area contributed by atoms with Crippen LogP contribution in [0.3, 0.4) is 0 Å². The van der Waals surface area contributed by atoms with Crippen molar-refractivity contribution in [2.75, 3.05) is 14.2 Å². The zero-order chi connectivity index (χ0) is 14.7. The van der Waals surface area contributed by atoms with Crippen LogP contribution in [0.5, 0.6) is 5.75 Å². The molecular formula is C18H23NO. The van der Waals surface area contributed by atoms with Crippen LogP contribution in [0.25, 0.3) is 0 Å². The highest BCUT2D eigenvalue weighted by atomic mass is 16.5. The minimum absolute atomic E-state index is 0.207. The highest BCUT2D eigenvalue weighted by molar-refractivity contribution is 5.46. The van der Waals surface area contributed by atoms with E-state index in [1.807, 2.05) is 7.05 Å². The maximum atomic E-state index is 5.45. The Bertz CT molecular complexity index is 564. The molecular weight excluding hydrogens is 246 g/mol. The van der Waals surface area contributed by atoms with E-state index in [0.717, 1.165) is 5.75 Å². The van der Waals surface area contributed by atoms with Crippen LogP contribution in [-0.4, -0.2) is 14.2 Å². The van der Waals surface area contributed by atoms with Crippen LogP contribution in [-0.2, 0) is 0 Å². The molecule has 20 heavy (non-hydrogen) atoms. The summed E-state index contributed by atoms with van der Waals surface area (Å²) in [6.45, 7) is 6.30. The molecule has 0 heterocycles. The fourth-order valence-electron chi connectivity index (χ4n) is 2.76. The van der Waals surface area contributed by atoms with Crippen LogP contribution in [0.2, 0.25) is 0 Å². The van der Waals surface area contributed by atoms with Gasteiger partial charge in [-0.1, -0.05) is 42.0 Å². The summed E-state index contributed by atoms with van der Waals surface area (Å²) in [6.07, 6.45) is 0. The van der Waals surface area contributed by atoms with Crippen LogP contribution < -0.4 is 10.1 Å². The van der Waals surface area contributed by atoms with E-state index >= 15 is 0 Å². The average molecular weight is 269 g/mol. The monoisotopic (exact) mass is 269 g/mol. The predicted octanol–water partition coefficient (Wildman–Crippen LogP) is 3.93. The molecule has 0 bridgehead atoms. The summed E-state index contributed by atoms with van der Waals surface area (Å²) in [7, 11) is 3.73. The number of hydrogen-bond acceptors (Lipinski definition) is 2. The van der Waals surface area contributed by atoms with E-state index in [-0.39, 0.29) is 6.04 Å². The Labute approximate surface area is 121 Å². The first-order valence-corrected chi connectivity index (χ1v) is 6.95. The minimum Gasteiger partial charge on any atom is -0.496 e. The number of methoxy groups -OCH3 is 1. The zero-order valence-electron chi connectivity index (χ0n) is 12.9. The van der Waals surface area contributed by atoms with Crippen LogP contribution in [0.1, 0.15) is 33.9 Å². The molecule has 2 aromatic rings. The molecule has 0 aromatic heterocycles. The van der Waals surface area contributed by atoms with Gasteiger partial charge in [-0.3, -0.25) is 0 Å². The highest BCUT2D eigenvalue weighted by Gasteiger charge is 2.14. The van der Waals surface area contributed by atoms with Crippen molar-refractivity contribution in [3.63, 3.8) is 0 Å². The van der Waals surface area contributed by atoms with Gasteiger partial charge in [0.25, 0.3) is 0 Å². The third-order valence-corrected chi connectivity index (χ3v) is 3.72. The van der Waals surface area contributed by atoms with Crippen molar-refractivity contribution < 1.29 is 4.74 Å². The first-order valence-electron chi connectivity index (χ1n) is 6.95. The quantitative estimate of drug-likeness (QED) is 0.908. The van der Waals surface area contributed by atoms with Crippen molar-refractivity contribution >= 4 is 0 Å². The summed E-state index contributed by atoms with van der Waals surface area (Å²) in [5, 5.41) is 3.41. The van der Waals surface area contributed by atoms with Crippen molar-refractivity contribution in [2.24, 2.45) is 0 Å². The van der Waals surface area contributed by atoms with Gasteiger partial charge >= 0.3 is 0 Å². The lowest BCUT2D eigenvalue weighted by atomic mass is 9.94. The molecule has 0 aliphatic carbocycles. The maximum Gasteiger partial charge on any atom is 0.124 e. The second kappa shape index (κ2) is 6.10. The fourth-order valence-corrected chi connectivity index (χ4v) is 2.76. The lowest BCUT2D eigenvalue weighted by Crippen LogP contribution is -2.18. The summed E-state index contributed by atoms with van der Waals surface area (Å²) in [5.74, 6) is 0.979. The van der Waals surface area contributed by atoms with Gasteiger partial charge in [0.1, 0.15) is 5.75 Å². The zero-order valence-corrected chi connectivity index (χ0v) is 12.9. The topological polar surface area (TPSA) is 21.3 Å². The molecule has 0 saturated heterocycles. The number of benzene rings is 2. The number of nitrogens with one attached hydrogen (secondary N) is 1. The Balaban J connectivity index is 2.44. The molecule has 1 unspecified atom stereocenters. The Morgan fingerprint density at radius 3 is 1.90 bits per heavy atom. The van der Waals surface area contributed by atoms with Gasteiger partial charge in [0, 0.05) is 0 Å². The molecule has 0 saturated carbocycles. The molecule has 0 aliphatic rings. The Morgan fingerprint density at radius 1 is 0.900 bits per heavy atom. The van der Waals surface area contributed by atoms with E-state index in [4.69, 9.17) is 4.74 Å². The first kappa shape index (κ1) is 14.6. The van der Waals surface area contributed by atoms with E-state index in [9.17, 15) is 0 Å². The van der Waals surface area contributed by atoms with Gasteiger partial charge in [-0.25, -0.2) is 0 Å². The second-order valence-corrected chi connectivity index (χ2v) is 5.32. The Hall–Kier alpha value is -1.80. The van der Waals surface area contributed by atoms with Gasteiger partial charge < -0.3 is 10.1 Å². The standard InChI is InChI=1S/C18H23NO/c1-12-6-8-15(9-7-12)17(19-4)16-10-13(2)18(20-5)14(3)11-16/h6-11,17,19H,1-5H3. The van der Waals surface area contributed by atoms with Gasteiger partial charge in [0.05, 0.1) is 13.2 Å². The molecule has 0 radical (unpaired) electrons. The van der Waals surface area contributed by atoms with Crippen LogP contribution >= 0.6 is 0 Å². The molecule has 0 amide bonds. The third kappa shape index (κ3) is 2.86. The molecule has 0 fully saturated rings. The van der Waals surface area contributed by atoms with Gasteiger partial charge in [0.2, 0.25) is 0 Å². The number of rotatable bonds is 4. The van der Waals surface area contributed by atoms with Gasteiger partial charge in [-0.2, -0.15) is 0 Å². The molecule has 0 aliphatic heterocycles. The first-order chi connectivity index (χ1) is 9.56. The molecule has 1 N–H and O–H groups in total. The van der Waals surface area contributed by atoms with Crippen molar-refractivity contribution in [1.29, 1.82) is 0 Å². The number of aryl methyl sites for hydroxylation is 3. The highest BCUT2D eigenvalue weighted by Crippen LogP contribution is 2.30. The van der Waals surface area contributed by atoms with Crippen LogP contribution in [0.4, 0.5) is 0 Å². The average Bonchev–Trinajstić information content (AvgIpc) is 2.41. The van der Waals surface area contributed by atoms with E-state index in [1.165, 1.54) is 27.8 Å². The molecule has 2 heteroatoms. The molecule has 2 aromatic carbocycles. The van der Waals surface area contributed by atoms with Gasteiger partial charge in [0.15, 0.2) is 0 Å². The largest absolute Gasteiger partial charge is 0.496 e. The minimum atomic E-state index is 0.207. The Kier molecular flexibility index (Phi) is 4.46. The fraction of sp³-hybridized carbons (Fsp3) is 0.333. The van der Waals surface area contributed by atoms with Crippen molar-refractivity contribution in [3.8, 4) is 5.75 Å². The van der Waals surface area contributed by atoms with Crippen molar-refractivity contribution in [3.05, 3.63) is 64.2 Å². The van der Waals surface area contributed by atoms with Crippen molar-refractivity contribution in [1.82, 2.24) is 5.32 Å². The van der Waals surface area contributed by atoms with E-state index in [2.05, 4.69) is 62.5 Å². The molecule has 2 nitrogen and oxygen atoms in total. The molecule has 106 valence electrons. The summed E-state index contributed by atoms with van der Waals surface area (Å²) < 4.78 is 5.45. The van der Waals surface area contributed by atoms with Gasteiger partial charge in [-0.05, 0) is 50.1 Å². The molecule has 2 rings (SSSR count). The predicted molar refractivity (Wildman–Crippen MR) is 84.5 cm³/mol. The van der Waals surface area contributed by atoms with Gasteiger partial charge in [-0.15, -0.1) is 0 Å². The van der Waals surface area contributed by atoms with Crippen LogP contribution in [0, 0.1) is 20.8 Å². The van der Waals surface area contributed by atoms with E-state index in [1.54, 1.807) is 7.11 Å². The Morgan fingerprint density at radius 2 is 1.45 bits per heavy atom. The molecule has 1 atom stereocenters. The van der Waals surface area contributed by atoms with Crippen LogP contribution in [0.15, 0.2) is 36.4 Å². The summed E-state index contributed by atoms with van der Waals surface area (Å²) in [5.41, 5.74) is 6.18. The smallest absolute Gasteiger partial charge is 0.124 e. The summed E-state index contributed by atoms with van der Waals surface area (Å²) >= 11 is 0. The van der Waals surface area contributed by atoms with Crippen molar-refractivity contribution in [2.45, 2.75) is 26.8 Å². The summed E-state index contributed by atoms with van der Waals surface area (Å²) in [4.78, 5) is 0. The number of ether oxygens (including phenoxy) is 1. The SMILES string of the molecule is CNC(c1ccc(C)cc1)c1cc(C)c(OC)c(C)c1. The maximum absolute atomic E-state index is 5.45. The summed E-state index contributed by atoms with van der Waals surface area (Å²) in [6, 6.07) is 13.3. The second-order valence-electron chi connectivity index (χ2n) is 5.32.